The highest BCUT2D eigenvalue weighted by Crippen LogP contribution is 2.32. The molecule has 0 spiro atoms. The van der Waals surface area contributed by atoms with Crippen molar-refractivity contribution in [3.05, 3.63) is 113 Å². The van der Waals surface area contributed by atoms with Crippen molar-refractivity contribution in [3.63, 3.8) is 0 Å². The maximum Gasteiger partial charge on any atom is 0.167 e. The maximum absolute atomic E-state index is 14.9. The molecule has 2 nitrogen and oxygen atoms in total. The number of rotatable bonds is 8. The van der Waals surface area contributed by atoms with Crippen LogP contribution in [0, 0.1) is 17.5 Å². The van der Waals surface area contributed by atoms with Crippen LogP contribution >= 0.6 is 0 Å². The number of aryl methyl sites for hydroxylation is 2. The van der Waals surface area contributed by atoms with Gasteiger partial charge in [0.05, 0.1) is 6.61 Å². The predicted molar refractivity (Wildman–Crippen MR) is 128 cm³/mol. The van der Waals surface area contributed by atoms with Crippen molar-refractivity contribution in [3.8, 4) is 28.0 Å². The summed E-state index contributed by atoms with van der Waals surface area (Å²) < 4.78 is 49.3. The van der Waals surface area contributed by atoms with E-state index in [4.69, 9.17) is 4.74 Å². The van der Waals surface area contributed by atoms with Gasteiger partial charge in [-0.25, -0.2) is 13.2 Å². The van der Waals surface area contributed by atoms with Crippen LogP contribution in [-0.2, 0) is 24.2 Å². The Morgan fingerprint density at radius 3 is 1.79 bits per heavy atom. The average Bonchev–Trinajstić information content (AvgIpc) is 2.85. The van der Waals surface area contributed by atoms with Gasteiger partial charge in [-0.2, -0.15) is 0 Å². The standard InChI is InChI=1S/C29H25F3O2/c1-2-34-18-20-6-10-23(27(30)17-20)9-5-19-3-7-21(8-4-19)25-15-16-26(29(32)28(25)31)22-11-13-24(33)14-12-22/h3-4,6-8,10-17,33H,2,5,9,18H2,1H3. The smallest absolute Gasteiger partial charge is 0.167 e. The summed E-state index contributed by atoms with van der Waals surface area (Å²) in [7, 11) is 0. The fraction of sp³-hybridized carbons (Fsp3) is 0.172. The van der Waals surface area contributed by atoms with E-state index in [-0.39, 0.29) is 22.7 Å². The molecule has 5 heteroatoms. The van der Waals surface area contributed by atoms with Crippen LogP contribution in [-0.4, -0.2) is 11.7 Å². The molecule has 0 atom stereocenters. The molecule has 34 heavy (non-hydrogen) atoms. The van der Waals surface area contributed by atoms with Crippen LogP contribution in [0.4, 0.5) is 13.2 Å². The molecule has 0 amide bonds. The van der Waals surface area contributed by atoms with Crippen molar-refractivity contribution in [2.45, 2.75) is 26.4 Å². The topological polar surface area (TPSA) is 29.5 Å². The number of phenols is 1. The maximum atomic E-state index is 14.9. The lowest BCUT2D eigenvalue weighted by Crippen LogP contribution is -1.98. The van der Waals surface area contributed by atoms with Gasteiger partial charge in [0.2, 0.25) is 0 Å². The van der Waals surface area contributed by atoms with E-state index in [1.165, 1.54) is 36.4 Å². The number of phenolic OH excluding ortho intramolecular Hbond substituents is 1. The molecule has 0 aliphatic carbocycles. The zero-order valence-corrected chi connectivity index (χ0v) is 18.8. The van der Waals surface area contributed by atoms with Gasteiger partial charge in [-0.1, -0.05) is 60.7 Å². The molecule has 1 N–H and O–H groups in total. The highest BCUT2D eigenvalue weighted by Gasteiger charge is 2.16. The van der Waals surface area contributed by atoms with Crippen LogP contribution < -0.4 is 0 Å². The number of halogens is 3. The van der Waals surface area contributed by atoms with Crippen molar-refractivity contribution < 1.29 is 23.0 Å². The molecule has 174 valence electrons. The van der Waals surface area contributed by atoms with Gasteiger partial charge in [-0.15, -0.1) is 0 Å². The van der Waals surface area contributed by atoms with E-state index in [2.05, 4.69) is 0 Å². The van der Waals surface area contributed by atoms with Crippen LogP contribution in [0.5, 0.6) is 5.75 Å². The lowest BCUT2D eigenvalue weighted by molar-refractivity contribution is 0.134. The summed E-state index contributed by atoms with van der Waals surface area (Å²) in [5, 5.41) is 9.41. The lowest BCUT2D eigenvalue weighted by atomic mass is 9.97. The third-order valence-corrected chi connectivity index (χ3v) is 5.80. The van der Waals surface area contributed by atoms with Gasteiger partial charge in [-0.3, -0.25) is 0 Å². The first kappa shape index (κ1) is 23.6. The minimum Gasteiger partial charge on any atom is -0.508 e. The summed E-state index contributed by atoms with van der Waals surface area (Å²) in [6, 6.07) is 21.4. The number of hydrogen-bond acceptors (Lipinski definition) is 2. The Balaban J connectivity index is 1.46. The fourth-order valence-corrected chi connectivity index (χ4v) is 3.87. The predicted octanol–water partition coefficient (Wildman–Crippen LogP) is 7.47. The van der Waals surface area contributed by atoms with Gasteiger partial charge in [-0.05, 0) is 65.8 Å². The SMILES string of the molecule is CCOCc1ccc(CCc2ccc(-c3ccc(-c4ccc(O)cc4)c(F)c3F)cc2)c(F)c1. The molecule has 0 fully saturated rings. The van der Waals surface area contributed by atoms with Crippen molar-refractivity contribution >= 4 is 0 Å². The first-order valence-corrected chi connectivity index (χ1v) is 11.2. The summed E-state index contributed by atoms with van der Waals surface area (Å²) in [5.41, 5.74) is 3.75. The Labute approximate surface area is 197 Å². The Bertz CT molecular complexity index is 1270. The van der Waals surface area contributed by atoms with E-state index in [1.54, 1.807) is 24.3 Å². The number of aromatic hydroxyl groups is 1. The summed E-state index contributed by atoms with van der Waals surface area (Å²) in [6.07, 6.45) is 1.16. The van der Waals surface area contributed by atoms with Crippen LogP contribution in [0.2, 0.25) is 0 Å². The van der Waals surface area contributed by atoms with E-state index < -0.39 is 11.6 Å². The quantitative estimate of drug-likeness (QED) is 0.294. The first-order chi connectivity index (χ1) is 16.5. The normalized spacial score (nSPS) is 11.1. The van der Waals surface area contributed by atoms with E-state index >= 15 is 0 Å². The average molecular weight is 463 g/mol. The van der Waals surface area contributed by atoms with Crippen LogP contribution in [0.15, 0.2) is 78.9 Å². The fourth-order valence-electron chi connectivity index (χ4n) is 3.87. The molecule has 0 unspecified atom stereocenters. The number of benzene rings is 4. The highest BCUT2D eigenvalue weighted by atomic mass is 19.2. The summed E-state index contributed by atoms with van der Waals surface area (Å²) in [6.45, 7) is 2.87. The van der Waals surface area contributed by atoms with Gasteiger partial charge in [0.15, 0.2) is 11.6 Å². The van der Waals surface area contributed by atoms with E-state index in [0.29, 0.717) is 42.7 Å². The Morgan fingerprint density at radius 1 is 0.676 bits per heavy atom. The van der Waals surface area contributed by atoms with Crippen molar-refractivity contribution in [1.29, 1.82) is 0 Å². The van der Waals surface area contributed by atoms with Crippen molar-refractivity contribution in [2.75, 3.05) is 6.61 Å². The molecular weight excluding hydrogens is 437 g/mol. The molecule has 0 saturated carbocycles. The molecule has 0 aromatic heterocycles. The number of ether oxygens (including phenoxy) is 1. The monoisotopic (exact) mass is 462 g/mol. The largest absolute Gasteiger partial charge is 0.508 e. The minimum absolute atomic E-state index is 0.0580. The lowest BCUT2D eigenvalue weighted by Gasteiger charge is -2.10. The molecule has 4 aromatic rings. The second-order valence-corrected chi connectivity index (χ2v) is 8.10. The second-order valence-electron chi connectivity index (χ2n) is 8.10. The van der Waals surface area contributed by atoms with Crippen LogP contribution in [0.1, 0.15) is 23.6 Å². The molecule has 0 heterocycles. The van der Waals surface area contributed by atoms with E-state index in [1.807, 2.05) is 25.1 Å². The number of hydrogen-bond donors (Lipinski definition) is 1. The molecular formula is C29H25F3O2. The minimum atomic E-state index is -0.935. The Morgan fingerprint density at radius 2 is 1.24 bits per heavy atom. The summed E-state index contributed by atoms with van der Waals surface area (Å²) >= 11 is 0. The third-order valence-electron chi connectivity index (χ3n) is 5.80. The van der Waals surface area contributed by atoms with Gasteiger partial charge in [0.25, 0.3) is 0 Å². The van der Waals surface area contributed by atoms with Gasteiger partial charge in [0, 0.05) is 17.7 Å². The third kappa shape index (κ3) is 5.32. The molecule has 0 aliphatic heterocycles. The Hall–Kier alpha value is -3.57. The highest BCUT2D eigenvalue weighted by molar-refractivity contribution is 5.72. The van der Waals surface area contributed by atoms with Crippen LogP contribution in [0.25, 0.3) is 22.3 Å². The molecule has 4 aromatic carbocycles. The van der Waals surface area contributed by atoms with Gasteiger partial charge < -0.3 is 9.84 Å². The first-order valence-electron chi connectivity index (χ1n) is 11.2. The summed E-state index contributed by atoms with van der Waals surface area (Å²) in [5.74, 6) is -2.05. The molecule has 4 rings (SSSR count). The molecule has 0 saturated heterocycles. The molecule has 0 aliphatic rings. The van der Waals surface area contributed by atoms with Crippen molar-refractivity contribution in [2.24, 2.45) is 0 Å². The van der Waals surface area contributed by atoms with E-state index in [9.17, 15) is 18.3 Å². The van der Waals surface area contributed by atoms with Crippen molar-refractivity contribution in [1.82, 2.24) is 0 Å². The molecule has 0 radical (unpaired) electrons. The Kier molecular flexibility index (Phi) is 7.33. The van der Waals surface area contributed by atoms with Gasteiger partial charge >= 0.3 is 0 Å². The zero-order chi connectivity index (χ0) is 24.1. The van der Waals surface area contributed by atoms with Crippen LogP contribution in [0.3, 0.4) is 0 Å². The second kappa shape index (κ2) is 10.6. The molecule has 0 bridgehead atoms. The summed E-state index contributed by atoms with van der Waals surface area (Å²) in [4.78, 5) is 0. The van der Waals surface area contributed by atoms with E-state index in [0.717, 1.165) is 11.1 Å². The zero-order valence-electron chi connectivity index (χ0n) is 18.8. The van der Waals surface area contributed by atoms with Gasteiger partial charge in [0.1, 0.15) is 11.6 Å².